The Morgan fingerprint density at radius 1 is 0.846 bits per heavy atom. The summed E-state index contributed by atoms with van der Waals surface area (Å²) in [7, 11) is 4.52. The second kappa shape index (κ2) is 25.1. The van der Waals surface area contributed by atoms with Crippen molar-refractivity contribution in [1.82, 2.24) is 4.90 Å². The van der Waals surface area contributed by atoms with Gasteiger partial charge in [-0.05, 0) is 107 Å². The van der Waals surface area contributed by atoms with E-state index in [-0.39, 0.29) is 54.8 Å². The lowest BCUT2D eigenvalue weighted by Gasteiger charge is -2.42. The largest absolute Gasteiger partial charge is 0.460 e. The van der Waals surface area contributed by atoms with E-state index in [1.54, 1.807) is 41.1 Å². The van der Waals surface area contributed by atoms with Gasteiger partial charge in [0.15, 0.2) is 5.78 Å². The number of ketones is 3. The van der Waals surface area contributed by atoms with Gasteiger partial charge in [-0.3, -0.25) is 19.2 Å². The maximum absolute atomic E-state index is 14.4. The van der Waals surface area contributed by atoms with Crippen LogP contribution in [-0.4, -0.2) is 132 Å². The van der Waals surface area contributed by atoms with Crippen molar-refractivity contribution < 1.29 is 63.0 Å². The summed E-state index contributed by atoms with van der Waals surface area (Å²) in [4.78, 5) is 71.8. The molecule has 0 radical (unpaired) electrons. The lowest BCUT2D eigenvalue weighted by molar-refractivity contribution is -0.265. The highest BCUT2D eigenvalue weighted by Gasteiger charge is 2.53. The molecule has 3 N–H and O–H groups in total. The quantitative estimate of drug-likeness (QED) is 0.156. The van der Waals surface area contributed by atoms with Crippen LogP contribution in [0.5, 0.6) is 0 Å². The average Bonchev–Trinajstić information content (AvgIpc) is 3.28. The fourth-order valence-corrected chi connectivity index (χ4v) is 10.1. The van der Waals surface area contributed by atoms with Crippen molar-refractivity contribution in [3.63, 3.8) is 0 Å². The van der Waals surface area contributed by atoms with Gasteiger partial charge in [-0.1, -0.05) is 71.1 Å². The Bertz CT molecular complexity index is 1760. The molecule has 0 spiro atoms. The Kier molecular flexibility index (Phi) is 21.0. The number of hydrogen-bond donors (Lipinski definition) is 3. The third-order valence-corrected chi connectivity index (χ3v) is 14.5. The van der Waals surface area contributed by atoms with Gasteiger partial charge < -0.3 is 43.9 Å². The first-order chi connectivity index (χ1) is 30.7. The molecule has 1 aliphatic carbocycles. The molecular formula is C51H79NO13. The number of nitrogens with zero attached hydrogens (tertiary/aromatic N) is 1. The van der Waals surface area contributed by atoms with Crippen LogP contribution in [0.25, 0.3) is 0 Å². The van der Waals surface area contributed by atoms with E-state index >= 15 is 0 Å². The molecule has 65 heavy (non-hydrogen) atoms. The summed E-state index contributed by atoms with van der Waals surface area (Å²) in [5.41, 5.74) is 1.27. The van der Waals surface area contributed by atoms with Crippen LogP contribution in [0.1, 0.15) is 126 Å². The first-order valence-electron chi connectivity index (χ1n) is 23.9. The van der Waals surface area contributed by atoms with Crippen LogP contribution in [0.3, 0.4) is 0 Å². The summed E-state index contributed by atoms with van der Waals surface area (Å²) < 4.78 is 29.4. The number of aliphatic hydroxyl groups excluding tert-OH is 2. The second-order valence-electron chi connectivity index (χ2n) is 19.6. The first kappa shape index (κ1) is 54.2. The molecule has 366 valence electrons. The maximum atomic E-state index is 14.4. The third-order valence-electron chi connectivity index (χ3n) is 14.5. The smallest absolute Gasteiger partial charge is 0.329 e. The second-order valence-corrected chi connectivity index (χ2v) is 19.6. The van der Waals surface area contributed by atoms with Crippen molar-refractivity contribution in [1.29, 1.82) is 0 Å². The van der Waals surface area contributed by atoms with Crippen LogP contribution in [0, 0.1) is 35.5 Å². The van der Waals surface area contributed by atoms with Crippen molar-refractivity contribution >= 4 is 29.2 Å². The molecule has 0 aromatic rings. The van der Waals surface area contributed by atoms with E-state index in [1.165, 1.54) is 12.0 Å². The average molecular weight is 914 g/mol. The fourth-order valence-electron chi connectivity index (χ4n) is 10.1. The number of cyclic esters (lactones) is 1. The molecule has 4 aliphatic rings. The zero-order chi connectivity index (χ0) is 48.2. The van der Waals surface area contributed by atoms with Gasteiger partial charge >= 0.3 is 5.97 Å². The van der Waals surface area contributed by atoms with Crippen molar-refractivity contribution in [3.8, 4) is 0 Å². The van der Waals surface area contributed by atoms with Crippen LogP contribution in [-0.2, 0) is 47.7 Å². The number of esters is 1. The monoisotopic (exact) mass is 914 g/mol. The van der Waals surface area contributed by atoms with Crippen molar-refractivity contribution in [2.24, 2.45) is 35.5 Å². The van der Waals surface area contributed by atoms with Gasteiger partial charge in [0.2, 0.25) is 5.79 Å². The number of allylic oxidation sites excluding steroid dienone is 6. The molecule has 15 atom stereocenters. The summed E-state index contributed by atoms with van der Waals surface area (Å²) in [6.45, 7) is 12.7. The zero-order valence-corrected chi connectivity index (χ0v) is 40.6. The summed E-state index contributed by atoms with van der Waals surface area (Å²) in [6, 6.07) is -1.14. The Morgan fingerprint density at radius 3 is 2.25 bits per heavy atom. The molecule has 3 fully saturated rings. The number of ether oxygens (including phenoxy) is 5. The van der Waals surface area contributed by atoms with Crippen molar-refractivity contribution in [2.45, 2.75) is 180 Å². The van der Waals surface area contributed by atoms with E-state index in [2.05, 4.69) is 0 Å². The molecular weight excluding hydrogens is 835 g/mol. The lowest BCUT2D eigenvalue weighted by Crippen LogP contribution is -2.61. The van der Waals surface area contributed by atoms with Crippen LogP contribution in [0.4, 0.5) is 0 Å². The Hall–Kier alpha value is -3.37. The molecule has 3 heterocycles. The Labute approximate surface area is 387 Å². The zero-order valence-electron chi connectivity index (χ0n) is 40.6. The maximum Gasteiger partial charge on any atom is 0.329 e. The highest BCUT2D eigenvalue weighted by Crippen LogP contribution is 2.38. The van der Waals surface area contributed by atoms with Gasteiger partial charge in [-0.2, -0.15) is 0 Å². The molecule has 14 heteroatoms. The topological polar surface area (TPSA) is 195 Å². The minimum absolute atomic E-state index is 0.0193. The number of aliphatic hydroxyl groups is 3. The fraction of sp³-hybridized carbons (Fsp3) is 0.745. The third kappa shape index (κ3) is 14.3. The van der Waals surface area contributed by atoms with Gasteiger partial charge in [-0.15, -0.1) is 0 Å². The number of carbonyl (C=O) groups excluding carboxylic acids is 5. The number of rotatable bonds is 6. The Balaban J connectivity index is 1.70. The molecule has 0 aromatic heterocycles. The van der Waals surface area contributed by atoms with Gasteiger partial charge in [0.1, 0.15) is 30.1 Å². The number of piperidine rings is 1. The summed E-state index contributed by atoms with van der Waals surface area (Å²) in [5.74, 6) is -7.96. The predicted octanol–water partition coefficient (Wildman–Crippen LogP) is 6.18. The van der Waals surface area contributed by atoms with Gasteiger partial charge in [0.05, 0.1) is 24.4 Å². The lowest BCUT2D eigenvalue weighted by atomic mass is 9.78. The van der Waals surface area contributed by atoms with E-state index in [0.29, 0.717) is 63.4 Å². The van der Waals surface area contributed by atoms with E-state index in [4.69, 9.17) is 23.7 Å². The normalized spacial score (nSPS) is 40.4. The van der Waals surface area contributed by atoms with Crippen LogP contribution >= 0.6 is 0 Å². The van der Waals surface area contributed by atoms with E-state index in [1.807, 2.05) is 58.1 Å². The van der Waals surface area contributed by atoms with Crippen molar-refractivity contribution in [3.05, 3.63) is 47.6 Å². The Morgan fingerprint density at radius 2 is 1.57 bits per heavy atom. The molecule has 14 nitrogen and oxygen atoms in total. The van der Waals surface area contributed by atoms with Gasteiger partial charge in [0.25, 0.3) is 11.7 Å². The molecule has 2 saturated heterocycles. The molecule has 1 amide bonds. The minimum Gasteiger partial charge on any atom is -0.460 e. The van der Waals surface area contributed by atoms with E-state index in [9.17, 15) is 39.3 Å². The molecule has 2 bridgehead atoms. The van der Waals surface area contributed by atoms with Crippen LogP contribution < -0.4 is 0 Å². The number of methoxy groups -OCH3 is 3. The van der Waals surface area contributed by atoms with E-state index in [0.717, 1.165) is 12.0 Å². The molecule has 0 aromatic carbocycles. The summed E-state index contributed by atoms with van der Waals surface area (Å²) >= 11 is 0. The SMILES string of the molecule is CO[C@H]1C[C@@H]2CC[C@@H](C)[C@@](O)(O2)C(=O)C(=O)N2CCCC[C@H]2C(=O)O[C@H]([C@H](C)CC2CC[C@@H](O)[C@H](OC)C2)CC(=O)[C@H](C)/C=C(\C)[C@@H](O)[C@@H](OC)C(=O)[C@H](C)C[C@H](C)/C=C/C=C/C=C/1C. The van der Waals surface area contributed by atoms with Crippen LogP contribution in [0.2, 0.25) is 0 Å². The number of hydrogen-bond acceptors (Lipinski definition) is 13. The highest BCUT2D eigenvalue weighted by molar-refractivity contribution is 6.39. The molecule has 3 aliphatic heterocycles. The predicted molar refractivity (Wildman–Crippen MR) is 245 cm³/mol. The van der Waals surface area contributed by atoms with E-state index < -0.39 is 83.9 Å². The van der Waals surface area contributed by atoms with Crippen LogP contribution in [0.15, 0.2) is 47.6 Å². The first-order valence-corrected chi connectivity index (χ1v) is 23.9. The van der Waals surface area contributed by atoms with Gasteiger partial charge in [0, 0.05) is 58.5 Å². The number of amides is 1. The number of Topliss-reactive ketones (excluding diaryl/α,β-unsaturated/α-hetero) is 3. The molecule has 1 saturated carbocycles. The summed E-state index contributed by atoms with van der Waals surface area (Å²) in [5, 5.41) is 33.8. The van der Waals surface area contributed by atoms with Crippen molar-refractivity contribution in [2.75, 3.05) is 27.9 Å². The minimum atomic E-state index is -2.43. The standard InChI is InChI=1S/C51H79NO13/c1-30-16-12-11-13-17-31(2)42(61-8)28-38-21-19-36(7)51(60,65-38)48(57)49(58)52-23-15-14-18-39(52)50(59)64-43(33(4)26-37-20-22-40(53)44(27-37)62-9)29-41(54)32(3)25-35(6)46(56)47(63-10)45(55)34(5)24-30/h11-13,16-17,25,30,32-34,36-40,42-44,46-47,53,56,60H,14-15,18-24,26-29H2,1-10H3/b13-11+,16-12+,31-17+,35-25+/t30-,32-,33-,34-,36-,37?,38+,39+,40-,42+,43+,44-,46-,47+,51-/m1/s1. The molecule has 1 unspecified atom stereocenters. The highest BCUT2D eigenvalue weighted by atomic mass is 16.6. The number of carbonyl (C=O) groups is 5. The summed E-state index contributed by atoms with van der Waals surface area (Å²) in [6.07, 6.45) is 11.2. The number of fused-ring (bicyclic) bond motifs is 3. The molecule has 4 rings (SSSR count). The van der Waals surface area contributed by atoms with Gasteiger partial charge in [-0.25, -0.2) is 4.79 Å².